The minimum Gasteiger partial charge on any atom is -0.489 e. The monoisotopic (exact) mass is 445 g/mol. The molecule has 2 unspecified atom stereocenters. The number of hydrogen-bond acceptors (Lipinski definition) is 3. The molecule has 0 bridgehead atoms. The molecule has 2 atom stereocenters. The van der Waals surface area contributed by atoms with Crippen LogP contribution < -0.4 is 10.1 Å². The highest BCUT2D eigenvalue weighted by molar-refractivity contribution is 5.84. The van der Waals surface area contributed by atoms with E-state index in [4.69, 9.17) is 4.74 Å². The van der Waals surface area contributed by atoms with Crippen molar-refractivity contribution >= 4 is 16.7 Å². The lowest BCUT2D eigenvalue weighted by molar-refractivity contribution is -0.143. The summed E-state index contributed by atoms with van der Waals surface area (Å²) >= 11 is 0. The topological polar surface area (TPSA) is 58.6 Å². The molecule has 2 N–H and O–H groups in total. The second-order valence-corrected chi connectivity index (χ2v) is 9.83. The van der Waals surface area contributed by atoms with Gasteiger partial charge in [-0.25, -0.2) is 0 Å². The fourth-order valence-corrected chi connectivity index (χ4v) is 4.74. The molecule has 0 aliphatic heterocycles. The molecule has 3 aromatic carbocycles. The lowest BCUT2D eigenvalue weighted by atomic mass is 9.85. The number of fused-ring (bicyclic) bond motifs is 1. The first kappa shape index (κ1) is 23.3. The molecule has 0 heterocycles. The van der Waals surface area contributed by atoms with Crippen molar-refractivity contribution in [3.8, 4) is 5.75 Å². The van der Waals surface area contributed by atoms with E-state index in [0.29, 0.717) is 12.5 Å². The molecule has 0 amide bonds. The van der Waals surface area contributed by atoms with Crippen LogP contribution in [0.1, 0.15) is 56.2 Å². The van der Waals surface area contributed by atoms with Gasteiger partial charge < -0.3 is 15.2 Å². The van der Waals surface area contributed by atoms with Gasteiger partial charge in [-0.05, 0) is 77.3 Å². The lowest BCUT2D eigenvalue weighted by Crippen LogP contribution is -2.36. The van der Waals surface area contributed by atoms with E-state index in [9.17, 15) is 9.90 Å². The van der Waals surface area contributed by atoms with E-state index in [1.54, 1.807) is 0 Å². The number of benzene rings is 3. The maximum Gasteiger partial charge on any atom is 0.306 e. The van der Waals surface area contributed by atoms with Crippen LogP contribution in [0.4, 0.5) is 0 Å². The third-order valence-corrected chi connectivity index (χ3v) is 6.57. The van der Waals surface area contributed by atoms with Crippen LogP contribution in [0.2, 0.25) is 0 Å². The zero-order valence-corrected chi connectivity index (χ0v) is 19.7. The van der Waals surface area contributed by atoms with Gasteiger partial charge in [0.2, 0.25) is 0 Å². The van der Waals surface area contributed by atoms with Gasteiger partial charge in [0.05, 0.1) is 5.92 Å². The minimum absolute atomic E-state index is 0.204. The molecule has 0 aromatic heterocycles. The summed E-state index contributed by atoms with van der Waals surface area (Å²) in [7, 11) is 0. The number of carboxylic acid groups (broad SMARTS) is 1. The Bertz CT molecular complexity index is 1070. The summed E-state index contributed by atoms with van der Waals surface area (Å²) in [4.78, 5) is 11.3. The Hall–Kier alpha value is -2.85. The number of aliphatic carboxylic acids is 1. The fourth-order valence-electron chi connectivity index (χ4n) is 4.74. The Labute approximate surface area is 197 Å². The first-order valence-electron chi connectivity index (χ1n) is 12.2. The number of carbonyl (C=O) groups is 1. The average Bonchev–Trinajstić information content (AvgIpc) is 2.82. The minimum atomic E-state index is -0.659. The smallest absolute Gasteiger partial charge is 0.306 e. The summed E-state index contributed by atoms with van der Waals surface area (Å²) < 4.78 is 6.05. The molecular formula is C29H35NO3. The van der Waals surface area contributed by atoms with Crippen LogP contribution in [0.15, 0.2) is 60.7 Å². The van der Waals surface area contributed by atoms with Gasteiger partial charge in [0.1, 0.15) is 12.4 Å². The summed E-state index contributed by atoms with van der Waals surface area (Å²) in [6.07, 6.45) is 4.67. The molecule has 4 rings (SSSR count). The molecule has 1 saturated carbocycles. The molecular weight excluding hydrogens is 410 g/mol. The van der Waals surface area contributed by atoms with Gasteiger partial charge in [-0.2, -0.15) is 0 Å². The Morgan fingerprint density at radius 1 is 0.970 bits per heavy atom. The molecule has 174 valence electrons. The quantitative estimate of drug-likeness (QED) is 0.403. The summed E-state index contributed by atoms with van der Waals surface area (Å²) in [6.45, 7) is 5.80. The van der Waals surface area contributed by atoms with Gasteiger partial charge in [0.15, 0.2) is 0 Å². The van der Waals surface area contributed by atoms with Crippen molar-refractivity contribution in [2.75, 3.05) is 0 Å². The van der Waals surface area contributed by atoms with Gasteiger partial charge in [-0.15, -0.1) is 0 Å². The van der Waals surface area contributed by atoms with Crippen molar-refractivity contribution in [1.82, 2.24) is 5.32 Å². The summed E-state index contributed by atoms with van der Waals surface area (Å²) in [6, 6.07) is 21.7. The Balaban J connectivity index is 1.32. The maximum atomic E-state index is 11.3. The molecule has 4 nitrogen and oxygen atoms in total. The van der Waals surface area contributed by atoms with E-state index in [2.05, 4.69) is 73.8 Å². The van der Waals surface area contributed by atoms with Crippen molar-refractivity contribution in [3.63, 3.8) is 0 Å². The van der Waals surface area contributed by atoms with E-state index in [1.807, 2.05) is 6.07 Å². The van der Waals surface area contributed by atoms with E-state index >= 15 is 0 Å². The molecule has 3 aromatic rings. The second-order valence-electron chi connectivity index (χ2n) is 9.83. The second kappa shape index (κ2) is 10.8. The van der Waals surface area contributed by atoms with Crippen LogP contribution in [0.25, 0.3) is 10.8 Å². The zero-order chi connectivity index (χ0) is 23.2. The van der Waals surface area contributed by atoms with Crippen LogP contribution in [0.3, 0.4) is 0 Å². The van der Waals surface area contributed by atoms with E-state index in [0.717, 1.165) is 49.8 Å². The van der Waals surface area contributed by atoms with Crippen LogP contribution in [-0.2, 0) is 24.4 Å². The molecule has 1 aliphatic carbocycles. The van der Waals surface area contributed by atoms with Gasteiger partial charge in [0.25, 0.3) is 0 Å². The summed E-state index contributed by atoms with van der Waals surface area (Å²) in [5.41, 5.74) is 3.77. The van der Waals surface area contributed by atoms with E-state index in [1.165, 1.54) is 22.1 Å². The molecule has 0 saturated heterocycles. The van der Waals surface area contributed by atoms with Gasteiger partial charge in [-0.3, -0.25) is 4.79 Å². The molecule has 4 heteroatoms. The third kappa shape index (κ3) is 6.58. The Kier molecular flexibility index (Phi) is 7.66. The number of rotatable bonds is 9. The number of hydrogen-bond donors (Lipinski definition) is 2. The lowest BCUT2D eigenvalue weighted by Gasteiger charge is -2.27. The van der Waals surface area contributed by atoms with Crippen LogP contribution in [-0.4, -0.2) is 17.1 Å². The van der Waals surface area contributed by atoms with Gasteiger partial charge in [-0.1, -0.05) is 62.7 Å². The molecule has 0 spiro atoms. The first-order valence-corrected chi connectivity index (χ1v) is 12.2. The number of carboxylic acids is 1. The molecule has 0 radical (unpaired) electrons. The first-order chi connectivity index (χ1) is 16.0. The van der Waals surface area contributed by atoms with Crippen LogP contribution in [0, 0.1) is 11.8 Å². The predicted octanol–water partition coefficient (Wildman–Crippen LogP) is 6.35. The van der Waals surface area contributed by atoms with Crippen LogP contribution >= 0.6 is 0 Å². The standard InChI is InChI=1S/C29H35NO3/c1-20(2)14-21-6-8-22(9-7-21)19-33-28-13-12-24-15-23(10-11-25(24)17-28)18-30-27-5-3-4-26(16-27)29(31)32/h6-13,15,17,20,26-27,30H,3-5,14,16,18-19H2,1-2H3,(H,31,32). The van der Waals surface area contributed by atoms with Gasteiger partial charge in [0, 0.05) is 12.6 Å². The largest absolute Gasteiger partial charge is 0.489 e. The summed E-state index contributed by atoms with van der Waals surface area (Å²) in [5, 5.41) is 15.2. The van der Waals surface area contributed by atoms with Crippen LogP contribution in [0.5, 0.6) is 5.75 Å². The Morgan fingerprint density at radius 3 is 2.42 bits per heavy atom. The zero-order valence-electron chi connectivity index (χ0n) is 19.7. The van der Waals surface area contributed by atoms with Crippen molar-refractivity contribution in [3.05, 3.63) is 77.4 Å². The van der Waals surface area contributed by atoms with E-state index in [-0.39, 0.29) is 12.0 Å². The average molecular weight is 446 g/mol. The maximum absolute atomic E-state index is 11.3. The fraction of sp³-hybridized carbons (Fsp3) is 0.414. The predicted molar refractivity (Wildman–Crippen MR) is 133 cm³/mol. The highest BCUT2D eigenvalue weighted by atomic mass is 16.5. The number of ether oxygens (including phenoxy) is 1. The highest BCUT2D eigenvalue weighted by Crippen LogP contribution is 2.26. The SMILES string of the molecule is CC(C)Cc1ccc(COc2ccc3cc(CNC4CCCC(C(=O)O)C4)ccc3c2)cc1. The molecule has 33 heavy (non-hydrogen) atoms. The van der Waals surface area contributed by atoms with Crippen molar-refractivity contribution in [2.45, 2.75) is 65.1 Å². The van der Waals surface area contributed by atoms with Crippen molar-refractivity contribution in [1.29, 1.82) is 0 Å². The van der Waals surface area contributed by atoms with Crippen molar-refractivity contribution in [2.24, 2.45) is 11.8 Å². The molecule has 1 fully saturated rings. The third-order valence-electron chi connectivity index (χ3n) is 6.57. The Morgan fingerprint density at radius 2 is 1.67 bits per heavy atom. The normalized spacial score (nSPS) is 18.5. The summed E-state index contributed by atoms with van der Waals surface area (Å²) in [5.74, 6) is 0.678. The van der Waals surface area contributed by atoms with Crippen molar-refractivity contribution < 1.29 is 14.6 Å². The highest BCUT2D eigenvalue weighted by Gasteiger charge is 2.26. The van der Waals surface area contributed by atoms with Gasteiger partial charge >= 0.3 is 5.97 Å². The van der Waals surface area contributed by atoms with E-state index < -0.39 is 5.97 Å². The number of nitrogens with one attached hydrogen (secondary N) is 1. The molecule has 1 aliphatic rings.